The van der Waals surface area contributed by atoms with Gasteiger partial charge >= 0.3 is 0 Å². The molecule has 1 rings (SSSR count). The van der Waals surface area contributed by atoms with E-state index in [1.165, 1.54) is 0 Å². The molecule has 0 saturated carbocycles. The van der Waals surface area contributed by atoms with Gasteiger partial charge in [-0.25, -0.2) is 0 Å². The maximum absolute atomic E-state index is 10.2. The lowest BCUT2D eigenvalue weighted by molar-refractivity contribution is -0.523. The minimum atomic E-state index is -0.244. The number of thioether (sulfide) groups is 1. The fourth-order valence-corrected chi connectivity index (χ4v) is 1.98. The van der Waals surface area contributed by atoms with E-state index in [4.69, 9.17) is 0 Å². The highest BCUT2D eigenvalue weighted by Crippen LogP contribution is 2.18. The first-order chi connectivity index (χ1) is 4.30. The molecule has 0 atom stereocenters. The number of hydrogen-bond donors (Lipinski definition) is 0. The highest BCUT2D eigenvalue weighted by atomic mass is 32.2. The van der Waals surface area contributed by atoms with Crippen molar-refractivity contribution in [3.05, 3.63) is 10.1 Å². The number of hydrogen-bond acceptors (Lipinski definition) is 3. The molecule has 1 heterocycles. The van der Waals surface area contributed by atoms with E-state index < -0.39 is 0 Å². The molecular weight excluding hydrogens is 138 g/mol. The van der Waals surface area contributed by atoms with Crippen LogP contribution < -0.4 is 0 Å². The van der Waals surface area contributed by atoms with Crippen molar-refractivity contribution in [3.63, 3.8) is 0 Å². The third-order valence-electron chi connectivity index (χ3n) is 1.49. The number of rotatable bonds is 1. The fourth-order valence-electron chi connectivity index (χ4n) is 0.896. The Morgan fingerprint density at radius 1 is 1.44 bits per heavy atom. The molecule has 9 heavy (non-hydrogen) atoms. The van der Waals surface area contributed by atoms with Gasteiger partial charge in [-0.15, -0.1) is 0 Å². The zero-order valence-corrected chi connectivity index (χ0v) is 5.89. The summed E-state index contributed by atoms with van der Waals surface area (Å²) < 4.78 is 0. The molecule has 0 N–H and O–H groups in total. The van der Waals surface area contributed by atoms with E-state index in [-0.39, 0.29) is 11.0 Å². The van der Waals surface area contributed by atoms with Crippen LogP contribution in [-0.4, -0.2) is 22.5 Å². The highest BCUT2D eigenvalue weighted by Gasteiger charge is 2.22. The molecule has 1 aliphatic rings. The Bertz CT molecular complexity index is 112. The third-order valence-corrected chi connectivity index (χ3v) is 2.54. The average Bonchev–Trinajstić information content (AvgIpc) is 1.90. The summed E-state index contributed by atoms with van der Waals surface area (Å²) in [6.07, 6.45) is 1.52. The molecule has 0 radical (unpaired) electrons. The predicted octanol–water partition coefficient (Wildman–Crippen LogP) is 1.16. The molecule has 1 fully saturated rings. The molecular formula is C5H9NO2S. The Morgan fingerprint density at radius 3 is 2.33 bits per heavy atom. The van der Waals surface area contributed by atoms with E-state index >= 15 is 0 Å². The largest absolute Gasteiger partial charge is 0.264 e. The average molecular weight is 147 g/mol. The van der Waals surface area contributed by atoms with Gasteiger partial charge in [0.1, 0.15) is 0 Å². The Morgan fingerprint density at radius 2 is 2.00 bits per heavy atom. The van der Waals surface area contributed by atoms with Gasteiger partial charge < -0.3 is 0 Å². The molecule has 0 aromatic rings. The van der Waals surface area contributed by atoms with Crippen molar-refractivity contribution in [1.29, 1.82) is 0 Å². The van der Waals surface area contributed by atoms with Crippen LogP contribution in [0.4, 0.5) is 0 Å². The van der Waals surface area contributed by atoms with Crippen LogP contribution in [0.5, 0.6) is 0 Å². The molecule has 4 heteroatoms. The first kappa shape index (κ1) is 6.86. The van der Waals surface area contributed by atoms with Gasteiger partial charge in [0.25, 0.3) is 0 Å². The van der Waals surface area contributed by atoms with Gasteiger partial charge in [0.15, 0.2) is 0 Å². The van der Waals surface area contributed by atoms with Crippen LogP contribution in [0.3, 0.4) is 0 Å². The second-order valence-corrected chi connectivity index (χ2v) is 3.35. The van der Waals surface area contributed by atoms with Crippen molar-refractivity contribution in [2.24, 2.45) is 0 Å². The molecule has 3 nitrogen and oxygen atoms in total. The van der Waals surface area contributed by atoms with Crippen LogP contribution in [0.25, 0.3) is 0 Å². The van der Waals surface area contributed by atoms with E-state index in [0.717, 1.165) is 24.3 Å². The highest BCUT2D eigenvalue weighted by molar-refractivity contribution is 7.99. The zero-order valence-electron chi connectivity index (χ0n) is 5.08. The normalized spacial score (nSPS) is 21.8. The molecule has 0 aromatic heterocycles. The first-order valence-corrected chi connectivity index (χ1v) is 4.17. The zero-order chi connectivity index (χ0) is 6.69. The summed E-state index contributed by atoms with van der Waals surface area (Å²) in [6, 6.07) is -0.244. The summed E-state index contributed by atoms with van der Waals surface area (Å²) in [5.74, 6) is 1.93. The van der Waals surface area contributed by atoms with E-state index in [1.54, 1.807) is 0 Å². The third kappa shape index (κ3) is 1.86. The van der Waals surface area contributed by atoms with Gasteiger partial charge in [-0.1, -0.05) is 0 Å². The summed E-state index contributed by atoms with van der Waals surface area (Å²) in [5, 5.41) is 10.2. The number of nitrogens with zero attached hydrogens (tertiary/aromatic N) is 1. The van der Waals surface area contributed by atoms with Crippen LogP contribution in [-0.2, 0) is 0 Å². The van der Waals surface area contributed by atoms with Crippen LogP contribution in [0.2, 0.25) is 0 Å². The SMILES string of the molecule is O=[N+]([O-])C1CCSCC1. The quantitative estimate of drug-likeness (QED) is 0.413. The number of nitro groups is 1. The standard InChI is InChI=1S/C5H9NO2S/c7-6(8)5-1-3-9-4-2-5/h5H,1-4H2. The smallest absolute Gasteiger partial charge is 0.214 e. The minimum Gasteiger partial charge on any atom is -0.264 e. The lowest BCUT2D eigenvalue weighted by Gasteiger charge is -2.13. The maximum atomic E-state index is 10.2. The molecule has 0 aliphatic carbocycles. The Labute approximate surface area is 58.0 Å². The Hall–Kier alpha value is -0.250. The van der Waals surface area contributed by atoms with Crippen molar-refractivity contribution in [2.75, 3.05) is 11.5 Å². The van der Waals surface area contributed by atoms with Crippen molar-refractivity contribution in [2.45, 2.75) is 18.9 Å². The summed E-state index contributed by atoms with van der Waals surface area (Å²) in [5.41, 5.74) is 0. The van der Waals surface area contributed by atoms with Gasteiger partial charge in [0.05, 0.1) is 0 Å². The predicted molar refractivity (Wildman–Crippen MR) is 37.3 cm³/mol. The van der Waals surface area contributed by atoms with Crippen LogP contribution in [0.15, 0.2) is 0 Å². The summed E-state index contributed by atoms with van der Waals surface area (Å²) in [7, 11) is 0. The van der Waals surface area contributed by atoms with E-state index in [1.807, 2.05) is 11.8 Å². The van der Waals surface area contributed by atoms with Crippen LogP contribution in [0.1, 0.15) is 12.8 Å². The topological polar surface area (TPSA) is 43.1 Å². The van der Waals surface area contributed by atoms with E-state index in [9.17, 15) is 10.1 Å². The molecule has 0 unspecified atom stereocenters. The van der Waals surface area contributed by atoms with Gasteiger partial charge in [-0.05, 0) is 11.5 Å². The second kappa shape index (κ2) is 3.06. The summed E-state index contributed by atoms with van der Waals surface area (Å²) in [4.78, 5) is 10.00. The molecule has 1 saturated heterocycles. The molecule has 0 aromatic carbocycles. The Balaban J connectivity index is 2.31. The lowest BCUT2D eigenvalue weighted by atomic mass is 10.2. The van der Waals surface area contributed by atoms with Crippen molar-refractivity contribution >= 4 is 11.8 Å². The Kier molecular flexibility index (Phi) is 2.33. The minimum absolute atomic E-state index is 0.153. The van der Waals surface area contributed by atoms with Gasteiger partial charge in [0.2, 0.25) is 6.04 Å². The van der Waals surface area contributed by atoms with Gasteiger partial charge in [-0.2, -0.15) is 11.8 Å². The monoisotopic (exact) mass is 147 g/mol. The van der Waals surface area contributed by atoms with Crippen molar-refractivity contribution in [1.82, 2.24) is 0 Å². The first-order valence-electron chi connectivity index (χ1n) is 3.02. The molecule has 52 valence electrons. The summed E-state index contributed by atoms with van der Waals surface area (Å²) in [6.45, 7) is 0. The van der Waals surface area contributed by atoms with Crippen LogP contribution >= 0.6 is 11.8 Å². The van der Waals surface area contributed by atoms with Gasteiger partial charge in [-0.3, -0.25) is 10.1 Å². The molecule has 0 spiro atoms. The van der Waals surface area contributed by atoms with E-state index in [2.05, 4.69) is 0 Å². The summed E-state index contributed by atoms with van der Waals surface area (Å²) >= 11 is 1.81. The fraction of sp³-hybridized carbons (Fsp3) is 1.00. The lowest BCUT2D eigenvalue weighted by Crippen LogP contribution is -2.24. The van der Waals surface area contributed by atoms with Crippen molar-refractivity contribution < 1.29 is 4.92 Å². The van der Waals surface area contributed by atoms with Gasteiger partial charge in [0, 0.05) is 17.8 Å². The molecule has 0 amide bonds. The molecule has 0 bridgehead atoms. The molecule has 1 aliphatic heterocycles. The van der Waals surface area contributed by atoms with E-state index in [0.29, 0.717) is 0 Å². The maximum Gasteiger partial charge on any atom is 0.214 e. The van der Waals surface area contributed by atoms with Crippen LogP contribution in [0, 0.1) is 10.1 Å². The second-order valence-electron chi connectivity index (χ2n) is 2.13. The van der Waals surface area contributed by atoms with Crippen molar-refractivity contribution in [3.8, 4) is 0 Å².